The highest BCUT2D eigenvalue weighted by Gasteiger charge is 2.29. The molecule has 1 unspecified atom stereocenters. The molecular formula is C30H34N6O2. The second-order valence-electron chi connectivity index (χ2n) is 10.5. The van der Waals surface area contributed by atoms with Gasteiger partial charge in [0.2, 0.25) is 5.95 Å². The molecule has 2 aliphatic rings. The van der Waals surface area contributed by atoms with Gasteiger partial charge >= 0.3 is 0 Å². The fourth-order valence-corrected chi connectivity index (χ4v) is 5.94. The lowest BCUT2D eigenvalue weighted by Crippen LogP contribution is -2.38. The summed E-state index contributed by atoms with van der Waals surface area (Å²) < 4.78 is 5.65. The molecule has 4 heterocycles. The quantitative estimate of drug-likeness (QED) is 0.300. The summed E-state index contributed by atoms with van der Waals surface area (Å²) in [6.45, 7) is 1.82. The number of hydrogen-bond donors (Lipinski definition) is 3. The van der Waals surface area contributed by atoms with E-state index in [0.717, 1.165) is 65.9 Å². The van der Waals surface area contributed by atoms with Gasteiger partial charge in [-0.2, -0.15) is 0 Å². The van der Waals surface area contributed by atoms with Crippen molar-refractivity contribution in [2.45, 2.75) is 51.0 Å². The van der Waals surface area contributed by atoms with Crippen LogP contribution in [0.5, 0.6) is 0 Å². The number of benzene rings is 1. The summed E-state index contributed by atoms with van der Waals surface area (Å²) in [5, 5.41) is 7.50. The van der Waals surface area contributed by atoms with E-state index in [1.807, 2.05) is 48.5 Å². The third-order valence-electron chi connectivity index (χ3n) is 7.97. The van der Waals surface area contributed by atoms with Crippen molar-refractivity contribution >= 4 is 28.4 Å². The molecule has 196 valence electrons. The van der Waals surface area contributed by atoms with Gasteiger partial charge in [0.05, 0.1) is 11.4 Å². The largest absolute Gasteiger partial charge is 0.381 e. The van der Waals surface area contributed by atoms with Crippen molar-refractivity contribution in [3.63, 3.8) is 0 Å². The summed E-state index contributed by atoms with van der Waals surface area (Å²) in [6, 6.07) is 15.7. The van der Waals surface area contributed by atoms with E-state index in [1.165, 1.54) is 32.1 Å². The third kappa shape index (κ3) is 5.70. The zero-order chi connectivity index (χ0) is 25.7. The Labute approximate surface area is 222 Å². The maximum Gasteiger partial charge on any atom is 0.267 e. The molecule has 1 atom stereocenters. The lowest BCUT2D eigenvalue weighted by molar-refractivity contribution is 0.0907. The van der Waals surface area contributed by atoms with Gasteiger partial charge in [0.15, 0.2) is 0 Å². The van der Waals surface area contributed by atoms with Gasteiger partial charge in [0.1, 0.15) is 5.69 Å². The molecule has 3 N–H and O–H groups in total. The molecule has 1 saturated heterocycles. The molecule has 1 amide bonds. The zero-order valence-corrected chi connectivity index (χ0v) is 21.5. The number of nitrogens with zero attached hydrogens (tertiary/aromatic N) is 3. The van der Waals surface area contributed by atoms with Crippen molar-refractivity contribution in [1.29, 1.82) is 0 Å². The van der Waals surface area contributed by atoms with Crippen LogP contribution in [-0.2, 0) is 4.74 Å². The lowest BCUT2D eigenvalue weighted by Gasteiger charge is -2.33. The van der Waals surface area contributed by atoms with Crippen LogP contribution in [0.2, 0.25) is 0 Å². The molecule has 1 aromatic carbocycles. The third-order valence-corrected chi connectivity index (χ3v) is 7.97. The molecule has 0 spiro atoms. The molecular weight excluding hydrogens is 476 g/mol. The molecule has 1 saturated carbocycles. The van der Waals surface area contributed by atoms with E-state index < -0.39 is 0 Å². The van der Waals surface area contributed by atoms with Crippen LogP contribution in [0.1, 0.15) is 55.4 Å². The number of aromatic nitrogens is 4. The number of ether oxygens (including phenoxy) is 1. The van der Waals surface area contributed by atoms with Gasteiger partial charge in [-0.05, 0) is 99.2 Å². The molecule has 8 heteroatoms. The van der Waals surface area contributed by atoms with Crippen molar-refractivity contribution in [2.24, 2.45) is 11.8 Å². The number of rotatable bonds is 6. The van der Waals surface area contributed by atoms with Crippen LogP contribution in [-0.4, -0.2) is 45.1 Å². The topological polar surface area (TPSA) is 105 Å². The number of anilines is 2. The Morgan fingerprint density at radius 1 is 0.868 bits per heavy atom. The van der Waals surface area contributed by atoms with E-state index in [9.17, 15) is 4.79 Å². The number of fused-ring (bicyclic) bond motifs is 1. The second-order valence-corrected chi connectivity index (χ2v) is 10.5. The molecule has 8 nitrogen and oxygen atoms in total. The molecule has 2 fully saturated rings. The molecule has 1 aliphatic carbocycles. The monoisotopic (exact) mass is 510 g/mol. The van der Waals surface area contributed by atoms with Crippen molar-refractivity contribution < 1.29 is 9.53 Å². The van der Waals surface area contributed by atoms with Gasteiger partial charge in [-0.1, -0.05) is 6.07 Å². The van der Waals surface area contributed by atoms with Gasteiger partial charge in [-0.25, -0.2) is 9.97 Å². The molecule has 0 radical (unpaired) electrons. The van der Waals surface area contributed by atoms with E-state index in [-0.39, 0.29) is 11.9 Å². The number of carbonyl (C=O) groups is 1. The Bertz CT molecular complexity index is 1370. The second kappa shape index (κ2) is 11.3. The van der Waals surface area contributed by atoms with Crippen LogP contribution >= 0.6 is 0 Å². The van der Waals surface area contributed by atoms with Crippen molar-refractivity contribution in [1.82, 2.24) is 25.3 Å². The predicted octanol–water partition coefficient (Wildman–Crippen LogP) is 5.87. The number of hydrogen-bond acceptors (Lipinski definition) is 6. The van der Waals surface area contributed by atoms with E-state index >= 15 is 0 Å². The summed E-state index contributed by atoms with van der Waals surface area (Å²) in [7, 11) is 0. The fourth-order valence-electron chi connectivity index (χ4n) is 5.94. The summed E-state index contributed by atoms with van der Waals surface area (Å²) >= 11 is 0. The minimum atomic E-state index is -0.0339. The Morgan fingerprint density at radius 2 is 1.76 bits per heavy atom. The van der Waals surface area contributed by atoms with E-state index in [4.69, 9.17) is 4.74 Å². The number of H-pyrrole nitrogens is 1. The van der Waals surface area contributed by atoms with Crippen molar-refractivity contribution in [3.05, 3.63) is 66.6 Å². The van der Waals surface area contributed by atoms with Crippen LogP contribution in [0.4, 0.5) is 11.6 Å². The number of aromatic amines is 1. The molecule has 4 aromatic rings. The number of carbonyl (C=O) groups excluding carboxylic acids is 1. The van der Waals surface area contributed by atoms with Gasteiger partial charge in [0.25, 0.3) is 5.91 Å². The first kappa shape index (κ1) is 24.6. The zero-order valence-electron chi connectivity index (χ0n) is 21.5. The van der Waals surface area contributed by atoms with Gasteiger partial charge in [-0.3, -0.25) is 9.78 Å². The lowest BCUT2D eigenvalue weighted by atomic mass is 9.75. The predicted molar refractivity (Wildman–Crippen MR) is 148 cm³/mol. The number of pyridine rings is 1. The maximum absolute atomic E-state index is 13.1. The first-order valence-corrected chi connectivity index (χ1v) is 13.7. The SMILES string of the molecule is O=C(NC1CCC(C2CCCOCC2)CC1)c1cc2cc(Nc3nccc(-c4ccccn4)n3)ccc2[nH]1. The number of amides is 1. The maximum atomic E-state index is 13.1. The van der Waals surface area contributed by atoms with Gasteiger partial charge in [0, 0.05) is 48.2 Å². The highest BCUT2D eigenvalue weighted by Crippen LogP contribution is 2.35. The Hall–Kier alpha value is -3.78. The molecule has 1 aliphatic heterocycles. The smallest absolute Gasteiger partial charge is 0.267 e. The molecule has 6 rings (SSSR count). The Morgan fingerprint density at radius 3 is 2.63 bits per heavy atom. The number of nitrogens with one attached hydrogen (secondary N) is 3. The Kier molecular flexibility index (Phi) is 7.31. The van der Waals surface area contributed by atoms with E-state index in [1.54, 1.807) is 12.4 Å². The van der Waals surface area contributed by atoms with E-state index in [2.05, 4.69) is 30.6 Å². The molecule has 38 heavy (non-hydrogen) atoms. The fraction of sp³-hybridized carbons (Fsp3) is 0.400. The Balaban J connectivity index is 1.08. The summed E-state index contributed by atoms with van der Waals surface area (Å²) in [6.07, 6.45) is 11.6. The minimum absolute atomic E-state index is 0.0339. The average Bonchev–Trinajstić information content (AvgIpc) is 3.19. The average molecular weight is 511 g/mol. The highest BCUT2D eigenvalue weighted by molar-refractivity contribution is 5.98. The summed E-state index contributed by atoms with van der Waals surface area (Å²) in [4.78, 5) is 29.6. The van der Waals surface area contributed by atoms with Crippen LogP contribution in [0.15, 0.2) is 60.9 Å². The van der Waals surface area contributed by atoms with E-state index in [0.29, 0.717) is 11.6 Å². The van der Waals surface area contributed by atoms with Gasteiger partial charge in [-0.15, -0.1) is 0 Å². The summed E-state index contributed by atoms with van der Waals surface area (Å²) in [5.74, 6) is 2.02. The van der Waals surface area contributed by atoms with Crippen LogP contribution < -0.4 is 10.6 Å². The summed E-state index contributed by atoms with van der Waals surface area (Å²) in [5.41, 5.74) is 3.91. The van der Waals surface area contributed by atoms with Crippen LogP contribution in [0.3, 0.4) is 0 Å². The van der Waals surface area contributed by atoms with Crippen LogP contribution in [0, 0.1) is 11.8 Å². The minimum Gasteiger partial charge on any atom is -0.381 e. The first-order chi connectivity index (χ1) is 18.7. The highest BCUT2D eigenvalue weighted by atomic mass is 16.5. The van der Waals surface area contributed by atoms with Crippen molar-refractivity contribution in [3.8, 4) is 11.4 Å². The normalized spacial score (nSPS) is 22.1. The molecule has 0 bridgehead atoms. The van der Waals surface area contributed by atoms with Crippen LogP contribution in [0.25, 0.3) is 22.3 Å². The molecule has 3 aromatic heterocycles. The standard InChI is InChI=1S/C30H34N6O2/c37-29(33-23-8-6-21(7-9-23)20-4-3-16-38-17-13-20)28-19-22-18-24(10-11-25(22)35-28)34-30-32-15-12-27(36-30)26-5-1-2-14-31-26/h1-2,5,10-12,14-15,18-21,23,35H,3-4,6-9,13,16-17H2,(H,33,37)(H,32,34,36). The van der Waals surface area contributed by atoms with Gasteiger partial charge < -0.3 is 20.4 Å². The van der Waals surface area contributed by atoms with Crippen molar-refractivity contribution in [2.75, 3.05) is 18.5 Å². The first-order valence-electron chi connectivity index (χ1n) is 13.7.